The van der Waals surface area contributed by atoms with Gasteiger partial charge in [-0.1, -0.05) is 6.07 Å². The first-order valence-corrected chi connectivity index (χ1v) is 7.59. The Kier molecular flexibility index (Phi) is 4.47. The normalized spacial score (nSPS) is 21.5. The third-order valence-electron chi connectivity index (χ3n) is 3.73. The molecule has 1 saturated heterocycles. The summed E-state index contributed by atoms with van der Waals surface area (Å²) in [5.74, 6) is -1.02. The van der Waals surface area contributed by atoms with Gasteiger partial charge in [-0.3, -0.25) is 9.69 Å². The largest absolute Gasteiger partial charge is 0.480 e. The highest BCUT2D eigenvalue weighted by Crippen LogP contribution is 2.31. The summed E-state index contributed by atoms with van der Waals surface area (Å²) in [7, 11) is 0. The van der Waals surface area contributed by atoms with Crippen molar-refractivity contribution in [1.29, 1.82) is 0 Å². The van der Waals surface area contributed by atoms with E-state index in [0.29, 0.717) is 11.3 Å². The van der Waals surface area contributed by atoms with Gasteiger partial charge >= 0.3 is 5.97 Å². The summed E-state index contributed by atoms with van der Waals surface area (Å²) in [6, 6.07) is 4.65. The number of carboxylic acids is 1. The molecule has 19 heavy (non-hydrogen) atoms. The van der Waals surface area contributed by atoms with Crippen molar-refractivity contribution in [2.75, 3.05) is 12.8 Å². The van der Waals surface area contributed by atoms with Crippen LogP contribution in [-0.2, 0) is 4.79 Å². The van der Waals surface area contributed by atoms with Crippen LogP contribution in [0.3, 0.4) is 0 Å². The first-order valence-electron chi connectivity index (χ1n) is 6.36. The summed E-state index contributed by atoms with van der Waals surface area (Å²) in [5.41, 5.74) is 0.837. The lowest BCUT2D eigenvalue weighted by molar-refractivity contribution is -0.142. The molecule has 2 rings (SSSR count). The number of halogens is 1. The van der Waals surface area contributed by atoms with Crippen LogP contribution in [0.5, 0.6) is 0 Å². The third kappa shape index (κ3) is 2.92. The summed E-state index contributed by atoms with van der Waals surface area (Å²) in [6.45, 7) is 2.69. The molecule has 1 aliphatic rings. The van der Waals surface area contributed by atoms with Gasteiger partial charge in [0.1, 0.15) is 11.9 Å². The van der Waals surface area contributed by atoms with Crippen molar-refractivity contribution in [2.45, 2.75) is 36.7 Å². The molecule has 5 heteroatoms. The molecule has 2 unspecified atom stereocenters. The fraction of sp³-hybridized carbons (Fsp3) is 0.500. The van der Waals surface area contributed by atoms with E-state index >= 15 is 0 Å². The molecule has 0 spiro atoms. The number of likely N-dealkylation sites (tertiary alicyclic amines) is 1. The number of carbonyl (C=O) groups is 1. The smallest absolute Gasteiger partial charge is 0.320 e. The van der Waals surface area contributed by atoms with Gasteiger partial charge in [0.25, 0.3) is 0 Å². The first-order chi connectivity index (χ1) is 9.04. The number of rotatable bonds is 4. The van der Waals surface area contributed by atoms with E-state index in [1.54, 1.807) is 6.07 Å². The van der Waals surface area contributed by atoms with E-state index in [-0.39, 0.29) is 11.9 Å². The van der Waals surface area contributed by atoms with Crippen LogP contribution in [0.25, 0.3) is 0 Å². The quantitative estimate of drug-likeness (QED) is 0.862. The van der Waals surface area contributed by atoms with Crippen LogP contribution in [-0.4, -0.2) is 34.8 Å². The lowest BCUT2D eigenvalue weighted by atomic mass is 10.1. The van der Waals surface area contributed by atoms with Crippen molar-refractivity contribution < 1.29 is 14.3 Å². The number of hydrogen-bond acceptors (Lipinski definition) is 3. The van der Waals surface area contributed by atoms with E-state index in [1.807, 2.05) is 24.1 Å². The number of aliphatic carboxylic acids is 1. The molecular weight excluding hydrogens is 265 g/mol. The number of thioether (sulfide) groups is 1. The molecule has 104 valence electrons. The average Bonchev–Trinajstić information content (AvgIpc) is 2.87. The highest BCUT2D eigenvalue weighted by atomic mass is 32.2. The molecule has 1 aromatic rings. The minimum Gasteiger partial charge on any atom is -0.480 e. The van der Waals surface area contributed by atoms with Crippen molar-refractivity contribution in [3.8, 4) is 0 Å². The molecule has 1 N–H and O–H groups in total. The zero-order valence-electron chi connectivity index (χ0n) is 11.1. The van der Waals surface area contributed by atoms with Crippen LogP contribution in [0.15, 0.2) is 23.1 Å². The fourth-order valence-corrected chi connectivity index (χ4v) is 3.11. The Balaban J connectivity index is 2.21. The average molecular weight is 283 g/mol. The van der Waals surface area contributed by atoms with Crippen LogP contribution < -0.4 is 0 Å². The number of benzene rings is 1. The molecule has 0 amide bonds. The van der Waals surface area contributed by atoms with Gasteiger partial charge in [-0.15, -0.1) is 11.8 Å². The van der Waals surface area contributed by atoms with Crippen molar-refractivity contribution >= 4 is 17.7 Å². The molecule has 2 atom stereocenters. The number of hydrogen-bond donors (Lipinski definition) is 1. The Morgan fingerprint density at radius 1 is 1.58 bits per heavy atom. The number of nitrogens with zero attached hydrogens (tertiary/aromatic N) is 1. The maximum absolute atomic E-state index is 13.8. The molecule has 0 bridgehead atoms. The lowest BCUT2D eigenvalue weighted by Gasteiger charge is -2.28. The van der Waals surface area contributed by atoms with Gasteiger partial charge in [0.15, 0.2) is 0 Å². The van der Waals surface area contributed by atoms with Gasteiger partial charge in [-0.25, -0.2) is 4.39 Å². The highest BCUT2D eigenvalue weighted by molar-refractivity contribution is 7.98. The molecule has 0 saturated carbocycles. The predicted molar refractivity (Wildman–Crippen MR) is 74.0 cm³/mol. The Bertz CT molecular complexity index is 481. The molecule has 1 aliphatic heterocycles. The molecule has 1 aromatic carbocycles. The Labute approximate surface area is 116 Å². The maximum Gasteiger partial charge on any atom is 0.320 e. The summed E-state index contributed by atoms with van der Waals surface area (Å²) < 4.78 is 13.8. The topological polar surface area (TPSA) is 40.5 Å². The van der Waals surface area contributed by atoms with E-state index in [2.05, 4.69) is 0 Å². The van der Waals surface area contributed by atoms with E-state index in [1.165, 1.54) is 17.8 Å². The minimum absolute atomic E-state index is 0.0750. The number of carboxylic acid groups (broad SMARTS) is 1. The Morgan fingerprint density at radius 2 is 2.32 bits per heavy atom. The van der Waals surface area contributed by atoms with Gasteiger partial charge in [-0.2, -0.15) is 0 Å². The fourth-order valence-electron chi connectivity index (χ4n) is 2.65. The maximum atomic E-state index is 13.8. The highest BCUT2D eigenvalue weighted by Gasteiger charge is 2.34. The standard InChI is InChI=1S/C14H18FNO2S/c1-9(16-7-3-4-12(16)14(17)18)10-5-6-13(19-2)11(15)8-10/h5-6,8-9,12H,3-4,7H2,1-2H3,(H,17,18). The second-order valence-corrected chi connectivity index (χ2v) is 5.65. The van der Waals surface area contributed by atoms with E-state index in [0.717, 1.165) is 18.5 Å². The van der Waals surface area contributed by atoms with Crippen LogP contribution in [0.4, 0.5) is 4.39 Å². The zero-order chi connectivity index (χ0) is 14.0. The molecule has 1 heterocycles. The monoisotopic (exact) mass is 283 g/mol. The Hall–Kier alpha value is -1.07. The molecule has 0 aromatic heterocycles. The van der Waals surface area contributed by atoms with E-state index in [9.17, 15) is 14.3 Å². The predicted octanol–water partition coefficient (Wildman–Crippen LogP) is 3.16. The van der Waals surface area contributed by atoms with Gasteiger partial charge in [0.2, 0.25) is 0 Å². The second kappa shape index (κ2) is 5.92. The summed E-state index contributed by atoms with van der Waals surface area (Å²) in [6.07, 6.45) is 3.39. The molecule has 1 fully saturated rings. The molecular formula is C14H18FNO2S. The van der Waals surface area contributed by atoms with Crippen molar-refractivity contribution in [1.82, 2.24) is 4.90 Å². The van der Waals surface area contributed by atoms with Crippen molar-refractivity contribution in [3.63, 3.8) is 0 Å². The zero-order valence-corrected chi connectivity index (χ0v) is 11.9. The lowest BCUT2D eigenvalue weighted by Crippen LogP contribution is -2.37. The van der Waals surface area contributed by atoms with Gasteiger partial charge < -0.3 is 5.11 Å². The molecule has 0 aliphatic carbocycles. The summed E-state index contributed by atoms with van der Waals surface area (Å²) >= 11 is 1.37. The van der Waals surface area contributed by atoms with Gasteiger partial charge in [0, 0.05) is 10.9 Å². The van der Waals surface area contributed by atoms with Crippen LogP contribution in [0, 0.1) is 5.82 Å². The van der Waals surface area contributed by atoms with Crippen molar-refractivity contribution in [3.05, 3.63) is 29.6 Å². The Morgan fingerprint density at radius 3 is 2.89 bits per heavy atom. The van der Waals surface area contributed by atoms with Crippen LogP contribution in [0.2, 0.25) is 0 Å². The summed E-state index contributed by atoms with van der Waals surface area (Å²) in [4.78, 5) is 13.8. The summed E-state index contributed by atoms with van der Waals surface area (Å²) in [5, 5.41) is 9.20. The van der Waals surface area contributed by atoms with Crippen molar-refractivity contribution in [2.24, 2.45) is 0 Å². The molecule has 0 radical (unpaired) electrons. The van der Waals surface area contributed by atoms with E-state index < -0.39 is 12.0 Å². The first kappa shape index (κ1) is 14.3. The SMILES string of the molecule is CSc1ccc(C(C)N2CCCC2C(=O)O)cc1F. The van der Waals surface area contributed by atoms with Crippen LogP contribution in [0.1, 0.15) is 31.4 Å². The third-order valence-corrected chi connectivity index (χ3v) is 4.51. The van der Waals surface area contributed by atoms with Crippen LogP contribution >= 0.6 is 11.8 Å². The second-order valence-electron chi connectivity index (χ2n) is 4.80. The molecule has 3 nitrogen and oxygen atoms in total. The van der Waals surface area contributed by atoms with Gasteiger partial charge in [-0.05, 0) is 50.3 Å². The van der Waals surface area contributed by atoms with E-state index in [4.69, 9.17) is 0 Å². The van der Waals surface area contributed by atoms with Gasteiger partial charge in [0.05, 0.1) is 0 Å². The minimum atomic E-state index is -0.787.